The molecule has 1 saturated carbocycles. The standard InChI is InChI=1S/C31H38N4O2/c1-31(30(37)32-26-13-3-2-4-14-26)22-34-27-15-8-7-11-24(27)20-28(34)29(36)35(31)18-9-17-33-19-16-23-10-5-6-12-25(23)21-33/h5-8,10-12,15,20,26H,2-4,9,13-14,16-19,21-22H2,1H3,(H,32,37)/t31-/m1/s1. The smallest absolute Gasteiger partial charge is 0.271 e. The highest BCUT2D eigenvalue weighted by Gasteiger charge is 2.47. The van der Waals surface area contributed by atoms with Gasteiger partial charge in [-0.2, -0.15) is 0 Å². The Kier molecular flexibility index (Phi) is 6.53. The van der Waals surface area contributed by atoms with Gasteiger partial charge in [0.15, 0.2) is 0 Å². The molecule has 1 fully saturated rings. The molecule has 1 aliphatic carbocycles. The number of hydrogen-bond acceptors (Lipinski definition) is 3. The highest BCUT2D eigenvalue weighted by molar-refractivity contribution is 6.03. The van der Waals surface area contributed by atoms with Crippen LogP contribution in [0.2, 0.25) is 0 Å². The minimum Gasteiger partial charge on any atom is -0.351 e. The molecule has 194 valence electrons. The minimum atomic E-state index is -0.919. The molecule has 3 aromatic rings. The SMILES string of the molecule is C[C@]1(C(=O)NC2CCCCC2)Cn2c(cc3ccccc32)C(=O)N1CCCN1CCc2ccccc2C1. The molecule has 1 atom stereocenters. The summed E-state index contributed by atoms with van der Waals surface area (Å²) in [7, 11) is 0. The molecule has 0 saturated heterocycles. The first-order valence-electron chi connectivity index (χ1n) is 14.0. The van der Waals surface area contributed by atoms with Crippen LogP contribution < -0.4 is 5.32 Å². The van der Waals surface area contributed by atoms with Crippen LogP contribution in [0.15, 0.2) is 54.6 Å². The zero-order valence-electron chi connectivity index (χ0n) is 21.9. The van der Waals surface area contributed by atoms with Gasteiger partial charge in [0.2, 0.25) is 5.91 Å². The highest BCUT2D eigenvalue weighted by Crippen LogP contribution is 2.33. The Hall–Kier alpha value is -3.12. The molecule has 6 rings (SSSR count). The monoisotopic (exact) mass is 498 g/mol. The van der Waals surface area contributed by atoms with Gasteiger partial charge in [0.1, 0.15) is 11.2 Å². The fourth-order valence-electron chi connectivity index (χ4n) is 6.64. The van der Waals surface area contributed by atoms with Gasteiger partial charge in [-0.15, -0.1) is 0 Å². The average Bonchev–Trinajstić information content (AvgIpc) is 3.29. The van der Waals surface area contributed by atoms with Crippen molar-refractivity contribution in [3.8, 4) is 0 Å². The lowest BCUT2D eigenvalue weighted by Crippen LogP contribution is -2.65. The van der Waals surface area contributed by atoms with E-state index in [1.165, 1.54) is 17.5 Å². The lowest BCUT2D eigenvalue weighted by Gasteiger charge is -2.45. The number of rotatable bonds is 6. The van der Waals surface area contributed by atoms with Gasteiger partial charge >= 0.3 is 0 Å². The maximum absolute atomic E-state index is 14.0. The quantitative estimate of drug-likeness (QED) is 0.534. The average molecular weight is 499 g/mol. The molecule has 1 N–H and O–H groups in total. The van der Waals surface area contributed by atoms with Crippen LogP contribution in [0, 0.1) is 0 Å². The lowest BCUT2D eigenvalue weighted by molar-refractivity contribution is -0.133. The number of benzene rings is 2. The highest BCUT2D eigenvalue weighted by atomic mass is 16.2. The van der Waals surface area contributed by atoms with E-state index in [0.29, 0.717) is 18.8 Å². The second kappa shape index (κ2) is 9.97. The number of carbonyl (C=O) groups excluding carboxylic acids is 2. The third kappa shape index (κ3) is 4.56. The molecule has 6 nitrogen and oxygen atoms in total. The number of carbonyl (C=O) groups is 2. The molecule has 0 radical (unpaired) electrons. The molecular formula is C31H38N4O2. The number of nitrogens with one attached hydrogen (secondary N) is 1. The maximum atomic E-state index is 14.0. The van der Waals surface area contributed by atoms with Crippen LogP contribution in [0.3, 0.4) is 0 Å². The second-order valence-corrected chi connectivity index (χ2v) is 11.4. The second-order valence-electron chi connectivity index (χ2n) is 11.4. The van der Waals surface area contributed by atoms with E-state index in [2.05, 4.69) is 45.1 Å². The first-order valence-corrected chi connectivity index (χ1v) is 14.0. The molecule has 3 heterocycles. The Morgan fingerprint density at radius 3 is 2.59 bits per heavy atom. The van der Waals surface area contributed by atoms with Gasteiger partial charge in [-0.25, -0.2) is 0 Å². The van der Waals surface area contributed by atoms with Crippen molar-refractivity contribution in [1.82, 2.24) is 19.7 Å². The maximum Gasteiger partial charge on any atom is 0.271 e. The van der Waals surface area contributed by atoms with Gasteiger partial charge < -0.3 is 14.8 Å². The summed E-state index contributed by atoms with van der Waals surface area (Å²) in [6, 6.07) is 19.0. The first kappa shape index (κ1) is 24.2. The van der Waals surface area contributed by atoms with Crippen LogP contribution in [-0.2, 0) is 24.3 Å². The Balaban J connectivity index is 1.23. The Bertz CT molecular complexity index is 1310. The predicted octanol–water partition coefficient (Wildman–Crippen LogP) is 4.75. The van der Waals surface area contributed by atoms with Crippen molar-refractivity contribution in [2.24, 2.45) is 0 Å². The van der Waals surface area contributed by atoms with Crippen LogP contribution in [0.4, 0.5) is 0 Å². The molecule has 37 heavy (non-hydrogen) atoms. The van der Waals surface area contributed by atoms with Gasteiger partial charge in [-0.1, -0.05) is 61.7 Å². The molecular weight excluding hydrogens is 460 g/mol. The molecule has 0 unspecified atom stereocenters. The molecule has 0 spiro atoms. The lowest BCUT2D eigenvalue weighted by atomic mass is 9.91. The number of amides is 2. The third-order valence-electron chi connectivity index (χ3n) is 8.83. The van der Waals surface area contributed by atoms with Crippen molar-refractivity contribution in [1.29, 1.82) is 0 Å². The van der Waals surface area contributed by atoms with Crippen molar-refractivity contribution in [3.05, 3.63) is 71.4 Å². The molecule has 1 aromatic heterocycles. The summed E-state index contributed by atoms with van der Waals surface area (Å²) in [4.78, 5) is 32.2. The Morgan fingerprint density at radius 2 is 1.76 bits per heavy atom. The minimum absolute atomic E-state index is 0.0110. The van der Waals surface area contributed by atoms with E-state index in [1.807, 2.05) is 36.1 Å². The summed E-state index contributed by atoms with van der Waals surface area (Å²) in [5, 5.41) is 4.40. The van der Waals surface area contributed by atoms with Crippen LogP contribution >= 0.6 is 0 Å². The van der Waals surface area contributed by atoms with Gasteiger partial charge in [-0.3, -0.25) is 14.5 Å². The van der Waals surface area contributed by atoms with Gasteiger partial charge in [0.05, 0.1) is 6.54 Å². The summed E-state index contributed by atoms with van der Waals surface area (Å²) in [5.74, 6) is -0.0455. The molecule has 2 amide bonds. The van der Waals surface area contributed by atoms with Crippen LogP contribution in [0.5, 0.6) is 0 Å². The van der Waals surface area contributed by atoms with Crippen LogP contribution in [0.25, 0.3) is 10.9 Å². The summed E-state index contributed by atoms with van der Waals surface area (Å²) < 4.78 is 2.07. The van der Waals surface area contributed by atoms with E-state index in [-0.39, 0.29) is 17.9 Å². The molecule has 3 aliphatic rings. The normalized spacial score (nSPS) is 22.6. The van der Waals surface area contributed by atoms with Crippen molar-refractivity contribution in [2.45, 2.75) is 76.5 Å². The number of nitrogens with zero attached hydrogens (tertiary/aromatic N) is 3. The van der Waals surface area contributed by atoms with E-state index < -0.39 is 5.54 Å². The zero-order chi connectivity index (χ0) is 25.4. The summed E-state index contributed by atoms with van der Waals surface area (Å²) >= 11 is 0. The number of para-hydroxylation sites is 1. The zero-order valence-corrected chi connectivity index (χ0v) is 21.9. The summed E-state index contributed by atoms with van der Waals surface area (Å²) in [5.41, 5.74) is 3.65. The van der Waals surface area contributed by atoms with Crippen molar-refractivity contribution in [2.75, 3.05) is 19.6 Å². The van der Waals surface area contributed by atoms with E-state index in [1.54, 1.807) is 0 Å². The molecule has 2 aliphatic heterocycles. The molecule has 6 heteroatoms. The van der Waals surface area contributed by atoms with Gasteiger partial charge in [0.25, 0.3) is 5.91 Å². The van der Waals surface area contributed by atoms with Crippen molar-refractivity contribution < 1.29 is 9.59 Å². The van der Waals surface area contributed by atoms with Crippen LogP contribution in [-0.4, -0.2) is 57.4 Å². The van der Waals surface area contributed by atoms with Gasteiger partial charge in [-0.05, 0) is 55.9 Å². The largest absolute Gasteiger partial charge is 0.351 e. The van der Waals surface area contributed by atoms with Crippen molar-refractivity contribution >= 4 is 22.7 Å². The predicted molar refractivity (Wildman–Crippen MR) is 146 cm³/mol. The van der Waals surface area contributed by atoms with Gasteiger partial charge in [0, 0.05) is 43.1 Å². The number of hydrogen-bond donors (Lipinski definition) is 1. The fraction of sp³-hybridized carbons (Fsp3) is 0.484. The summed E-state index contributed by atoms with van der Waals surface area (Å²) in [6.07, 6.45) is 7.55. The van der Waals surface area contributed by atoms with E-state index in [0.717, 1.165) is 69.1 Å². The molecule has 0 bridgehead atoms. The topological polar surface area (TPSA) is 57.6 Å². The Morgan fingerprint density at radius 1 is 1.00 bits per heavy atom. The van der Waals surface area contributed by atoms with E-state index >= 15 is 0 Å². The summed E-state index contributed by atoms with van der Waals surface area (Å²) in [6.45, 7) is 5.94. The first-order chi connectivity index (χ1) is 18.0. The Labute approximate surface area is 219 Å². The number of aromatic nitrogens is 1. The fourth-order valence-corrected chi connectivity index (χ4v) is 6.64. The van der Waals surface area contributed by atoms with Crippen LogP contribution in [0.1, 0.15) is 67.1 Å². The molecule has 2 aromatic carbocycles. The van der Waals surface area contributed by atoms with E-state index in [9.17, 15) is 9.59 Å². The third-order valence-corrected chi connectivity index (χ3v) is 8.83. The van der Waals surface area contributed by atoms with E-state index in [4.69, 9.17) is 0 Å². The van der Waals surface area contributed by atoms with Crippen molar-refractivity contribution in [3.63, 3.8) is 0 Å². The number of fused-ring (bicyclic) bond motifs is 4.